The van der Waals surface area contributed by atoms with Crippen LogP contribution in [0.1, 0.15) is 136 Å². The maximum absolute atomic E-state index is 13.0. The van der Waals surface area contributed by atoms with Crippen molar-refractivity contribution in [2.45, 2.75) is 136 Å². The van der Waals surface area contributed by atoms with Crippen molar-refractivity contribution in [3.63, 3.8) is 0 Å². The number of benzene rings is 1. The zero-order valence-electron chi connectivity index (χ0n) is 25.5. The molecule has 1 aromatic carbocycles. The Hall–Kier alpha value is -0.720. The Morgan fingerprint density at radius 1 is 0.525 bits per heavy atom. The lowest BCUT2D eigenvalue weighted by molar-refractivity contribution is 0.108. The molecule has 0 aliphatic heterocycles. The highest BCUT2D eigenvalue weighted by molar-refractivity contribution is 7.48. The fraction of sp³-hybridized carbons (Fsp3) is 0.800. The number of hydrogen-bond donors (Lipinski definition) is 2. The van der Waals surface area contributed by atoms with Crippen LogP contribution >= 0.6 is 15.6 Å². The molecule has 10 heteroatoms. The van der Waals surface area contributed by atoms with Gasteiger partial charge in [0.05, 0.1) is 19.8 Å². The van der Waals surface area contributed by atoms with Gasteiger partial charge in [0.15, 0.2) is 0 Å². The first kappa shape index (κ1) is 39.3. The van der Waals surface area contributed by atoms with E-state index in [0.29, 0.717) is 19.8 Å². The predicted molar refractivity (Wildman–Crippen MR) is 165 cm³/mol. The van der Waals surface area contributed by atoms with Crippen LogP contribution in [0.3, 0.4) is 0 Å². The number of phosphoric acid groups is 2. The highest BCUT2D eigenvalue weighted by Gasteiger charge is 2.26. The Labute approximate surface area is 244 Å². The summed E-state index contributed by atoms with van der Waals surface area (Å²) in [4.78, 5) is 16.7. The van der Waals surface area contributed by atoms with Gasteiger partial charge in [0.1, 0.15) is 5.75 Å². The second-order valence-electron chi connectivity index (χ2n) is 10.1. The molecule has 0 unspecified atom stereocenters. The summed E-state index contributed by atoms with van der Waals surface area (Å²) >= 11 is 0. The fourth-order valence-corrected chi connectivity index (χ4v) is 5.58. The van der Waals surface area contributed by atoms with Gasteiger partial charge in [0.2, 0.25) is 0 Å². The number of unbranched alkanes of at least 4 members (excludes halogenated alkanes) is 15. The van der Waals surface area contributed by atoms with Crippen LogP contribution in [-0.4, -0.2) is 29.6 Å². The van der Waals surface area contributed by atoms with Gasteiger partial charge < -0.3 is 4.52 Å². The Morgan fingerprint density at radius 2 is 0.850 bits per heavy atom. The minimum Gasteiger partial charge on any atom is -0.404 e. The van der Waals surface area contributed by atoms with Gasteiger partial charge in [0.25, 0.3) is 0 Å². The maximum atomic E-state index is 13.0. The molecule has 0 saturated heterocycles. The smallest absolute Gasteiger partial charge is 0.404 e. The summed E-state index contributed by atoms with van der Waals surface area (Å²) in [5.74, 6) is 0.167. The van der Waals surface area contributed by atoms with E-state index >= 15 is 0 Å². The lowest BCUT2D eigenvalue weighted by atomic mass is 10.1. The molecule has 0 fully saturated rings. The Bertz CT molecular complexity index is 705. The second-order valence-corrected chi connectivity index (χ2v) is 13.0. The molecule has 0 aromatic heterocycles. The number of para-hydroxylation sites is 1. The molecule has 0 radical (unpaired) electrons. The highest BCUT2D eigenvalue weighted by atomic mass is 31.2. The zero-order valence-corrected chi connectivity index (χ0v) is 27.3. The van der Waals surface area contributed by atoms with Gasteiger partial charge in [-0.25, -0.2) is 9.13 Å². The summed E-state index contributed by atoms with van der Waals surface area (Å²) in [7, 11) is -7.79. The van der Waals surface area contributed by atoms with Crippen LogP contribution in [0.4, 0.5) is 0 Å². The normalized spacial score (nSPS) is 11.7. The summed E-state index contributed by atoms with van der Waals surface area (Å²) in [5.41, 5.74) is 0. The lowest BCUT2D eigenvalue weighted by Gasteiger charge is -2.18. The third kappa shape index (κ3) is 27.4. The van der Waals surface area contributed by atoms with E-state index in [1.807, 2.05) is 0 Å². The molecule has 0 aliphatic rings. The van der Waals surface area contributed by atoms with E-state index in [1.165, 1.54) is 89.2 Å². The predicted octanol–water partition coefficient (Wildman–Crippen LogP) is 10.4. The zero-order chi connectivity index (χ0) is 29.8. The molecule has 0 amide bonds. The average molecular weight is 609 g/mol. The highest BCUT2D eigenvalue weighted by Crippen LogP contribution is 2.50. The van der Waals surface area contributed by atoms with E-state index in [-0.39, 0.29) is 5.75 Å². The van der Waals surface area contributed by atoms with Crippen molar-refractivity contribution in [2.24, 2.45) is 0 Å². The molecule has 0 spiro atoms. The first-order chi connectivity index (χ1) is 19.3. The van der Waals surface area contributed by atoms with Crippen molar-refractivity contribution in [3.8, 4) is 5.75 Å². The Morgan fingerprint density at radius 3 is 1.18 bits per heavy atom. The molecule has 1 rings (SSSR count). The lowest BCUT2D eigenvalue weighted by Crippen LogP contribution is -2.04. The summed E-state index contributed by atoms with van der Waals surface area (Å²) in [5, 5.41) is 0. The van der Waals surface area contributed by atoms with E-state index in [9.17, 15) is 9.13 Å². The third-order valence-corrected chi connectivity index (χ3v) is 8.15. The van der Waals surface area contributed by atoms with Crippen LogP contribution in [-0.2, 0) is 22.7 Å². The molecule has 1 aromatic rings. The molecule has 236 valence electrons. The fourth-order valence-electron chi connectivity index (χ4n) is 3.91. The first-order valence-corrected chi connectivity index (χ1v) is 18.6. The summed E-state index contributed by atoms with van der Waals surface area (Å²) < 4.78 is 44.4. The van der Waals surface area contributed by atoms with Gasteiger partial charge in [-0.2, -0.15) is 0 Å². The summed E-state index contributed by atoms with van der Waals surface area (Å²) in [6.07, 6.45) is 21.3. The molecule has 0 heterocycles. The van der Waals surface area contributed by atoms with Crippen LogP contribution in [0.15, 0.2) is 30.3 Å². The van der Waals surface area contributed by atoms with Crippen molar-refractivity contribution in [1.82, 2.24) is 0 Å². The van der Waals surface area contributed by atoms with Crippen molar-refractivity contribution < 1.29 is 37.0 Å². The van der Waals surface area contributed by atoms with Crippen molar-refractivity contribution in [1.29, 1.82) is 0 Å². The van der Waals surface area contributed by atoms with Crippen molar-refractivity contribution in [2.75, 3.05) is 19.8 Å². The standard InChI is InChI=1S/C24H51O4P.C6H7O4P/c1-4-7-10-13-16-19-22-26-29(25,27-23-20-17-14-11-8-5-2)28-24-21-18-15-12-9-6-3;7-11(8,9)10-6-4-2-1-3-5-6/h4-24H2,1-3H3;1-5H,(H2,7,8,9). The first-order valence-electron chi connectivity index (χ1n) is 15.6. The number of rotatable bonds is 26. The molecule has 0 aliphatic carbocycles. The van der Waals surface area contributed by atoms with Crippen LogP contribution in [0, 0.1) is 0 Å². The van der Waals surface area contributed by atoms with Gasteiger partial charge in [-0.15, -0.1) is 0 Å². The van der Waals surface area contributed by atoms with Crippen LogP contribution in [0.5, 0.6) is 5.75 Å². The molecule has 0 saturated carbocycles. The van der Waals surface area contributed by atoms with E-state index in [0.717, 1.165) is 38.5 Å². The van der Waals surface area contributed by atoms with Gasteiger partial charge in [-0.3, -0.25) is 23.4 Å². The summed E-state index contributed by atoms with van der Waals surface area (Å²) in [6.45, 7) is 8.08. The molecule has 40 heavy (non-hydrogen) atoms. The second kappa shape index (κ2) is 27.1. The summed E-state index contributed by atoms with van der Waals surface area (Å²) in [6, 6.07) is 7.93. The molecule has 0 atom stereocenters. The molecule has 8 nitrogen and oxygen atoms in total. The van der Waals surface area contributed by atoms with Crippen LogP contribution in [0.25, 0.3) is 0 Å². The number of hydrogen-bond acceptors (Lipinski definition) is 6. The van der Waals surface area contributed by atoms with Crippen LogP contribution in [0.2, 0.25) is 0 Å². The van der Waals surface area contributed by atoms with Gasteiger partial charge >= 0.3 is 15.6 Å². The van der Waals surface area contributed by atoms with E-state index < -0.39 is 15.6 Å². The van der Waals surface area contributed by atoms with Crippen LogP contribution < -0.4 is 4.52 Å². The van der Waals surface area contributed by atoms with Gasteiger partial charge in [-0.1, -0.05) is 135 Å². The third-order valence-electron chi connectivity index (χ3n) is 6.21. The Balaban J connectivity index is 0.00000114. The monoisotopic (exact) mass is 608 g/mol. The average Bonchev–Trinajstić information content (AvgIpc) is 2.92. The molecular formula is C30H58O8P2. The van der Waals surface area contributed by atoms with Gasteiger partial charge in [-0.05, 0) is 31.4 Å². The van der Waals surface area contributed by atoms with E-state index in [2.05, 4.69) is 25.3 Å². The quantitative estimate of drug-likeness (QED) is 0.0789. The van der Waals surface area contributed by atoms with Crippen molar-refractivity contribution >= 4 is 15.6 Å². The minimum absolute atomic E-state index is 0.167. The SMILES string of the molecule is CCCCCCCCOP(=O)(OCCCCCCCC)OCCCCCCCC.O=P(O)(O)Oc1ccccc1. The largest absolute Gasteiger partial charge is 0.524 e. The van der Waals surface area contributed by atoms with Gasteiger partial charge in [0, 0.05) is 0 Å². The molecule has 0 bridgehead atoms. The Kier molecular flexibility index (Phi) is 26.6. The van der Waals surface area contributed by atoms with E-state index in [4.69, 9.17) is 23.4 Å². The maximum Gasteiger partial charge on any atom is 0.524 e. The van der Waals surface area contributed by atoms with Crippen molar-refractivity contribution in [3.05, 3.63) is 30.3 Å². The van der Waals surface area contributed by atoms with E-state index in [1.54, 1.807) is 18.2 Å². The number of phosphoric ester groups is 2. The molecule has 2 N–H and O–H groups in total. The molecular weight excluding hydrogens is 550 g/mol. The minimum atomic E-state index is -4.39. The topological polar surface area (TPSA) is 112 Å².